The summed E-state index contributed by atoms with van der Waals surface area (Å²) in [6.07, 6.45) is -3.72. The Bertz CT molecular complexity index is 399. The molecule has 0 bridgehead atoms. The Hall–Kier alpha value is -1.08. The quantitative estimate of drug-likeness (QED) is 0.534. The van der Waals surface area contributed by atoms with Crippen LogP contribution in [0.15, 0.2) is 18.2 Å². The van der Waals surface area contributed by atoms with Crippen LogP contribution in [0.25, 0.3) is 0 Å². The van der Waals surface area contributed by atoms with Crippen LogP contribution in [0.1, 0.15) is 12.0 Å². The van der Waals surface area contributed by atoms with Crippen molar-refractivity contribution in [1.82, 2.24) is 0 Å². The van der Waals surface area contributed by atoms with Gasteiger partial charge in [-0.3, -0.25) is 0 Å². The molecule has 0 unspecified atom stereocenters. The van der Waals surface area contributed by atoms with E-state index < -0.39 is 11.7 Å². The van der Waals surface area contributed by atoms with Gasteiger partial charge in [-0.2, -0.15) is 24.9 Å². The highest BCUT2D eigenvalue weighted by atomic mass is 32.2. The van der Waals surface area contributed by atoms with Gasteiger partial charge >= 0.3 is 6.18 Å². The molecule has 0 saturated heterocycles. The number of anilines is 2. The van der Waals surface area contributed by atoms with Crippen molar-refractivity contribution in [3.8, 4) is 0 Å². The Kier molecular flexibility index (Phi) is 6.30. The van der Waals surface area contributed by atoms with E-state index in [9.17, 15) is 13.2 Å². The molecule has 1 aromatic rings. The second kappa shape index (κ2) is 7.49. The molecule has 0 aliphatic carbocycles. The van der Waals surface area contributed by atoms with E-state index in [0.29, 0.717) is 18.7 Å². The van der Waals surface area contributed by atoms with Crippen molar-refractivity contribution in [3.63, 3.8) is 0 Å². The summed E-state index contributed by atoms with van der Waals surface area (Å²) in [5.41, 5.74) is 4.77. The van der Waals surface area contributed by atoms with Crippen LogP contribution in [0.5, 0.6) is 0 Å². The second-order valence-electron chi connectivity index (χ2n) is 3.92. The molecule has 1 rings (SSSR count). The molecule has 0 spiro atoms. The zero-order chi connectivity index (χ0) is 14.3. The van der Waals surface area contributed by atoms with Crippen molar-refractivity contribution in [2.24, 2.45) is 0 Å². The number of halogens is 3. The third-order valence-electron chi connectivity index (χ3n) is 2.36. The lowest BCUT2D eigenvalue weighted by atomic mass is 10.1. The topological polar surface area (TPSA) is 58.3 Å². The summed E-state index contributed by atoms with van der Waals surface area (Å²) < 4.78 is 38.3. The minimum Gasteiger partial charge on any atom is -0.399 e. The number of nitrogen functional groups attached to an aromatic ring is 1. The fourth-order valence-electron chi connectivity index (χ4n) is 1.48. The Morgan fingerprint density at radius 1 is 1.26 bits per heavy atom. The summed E-state index contributed by atoms with van der Waals surface area (Å²) in [7, 11) is 0. The van der Waals surface area contributed by atoms with Crippen molar-refractivity contribution >= 4 is 23.1 Å². The van der Waals surface area contributed by atoms with Crippen LogP contribution >= 0.6 is 11.8 Å². The Balaban J connectivity index is 2.54. The lowest BCUT2D eigenvalue weighted by molar-refractivity contribution is -0.136. The average molecular weight is 294 g/mol. The van der Waals surface area contributed by atoms with Crippen LogP contribution < -0.4 is 11.1 Å². The Morgan fingerprint density at radius 2 is 2.00 bits per heavy atom. The molecule has 0 amide bonds. The number of aliphatic hydroxyl groups excluding tert-OH is 1. The highest BCUT2D eigenvalue weighted by molar-refractivity contribution is 7.99. The van der Waals surface area contributed by atoms with Gasteiger partial charge in [0.1, 0.15) is 0 Å². The first-order valence-electron chi connectivity index (χ1n) is 5.84. The molecular formula is C12H17F3N2OS. The average Bonchev–Trinajstić information content (AvgIpc) is 2.34. The van der Waals surface area contributed by atoms with E-state index >= 15 is 0 Å². The molecule has 0 aliphatic heterocycles. The minimum atomic E-state index is -4.41. The molecule has 108 valence electrons. The van der Waals surface area contributed by atoms with E-state index in [4.69, 9.17) is 10.8 Å². The van der Waals surface area contributed by atoms with E-state index in [2.05, 4.69) is 5.32 Å². The van der Waals surface area contributed by atoms with Crippen molar-refractivity contribution in [2.75, 3.05) is 35.7 Å². The molecule has 1 aromatic carbocycles. The molecule has 0 atom stereocenters. The Morgan fingerprint density at radius 3 is 2.63 bits per heavy atom. The van der Waals surface area contributed by atoms with Gasteiger partial charge in [0.05, 0.1) is 5.56 Å². The minimum absolute atomic E-state index is 0.0458. The zero-order valence-electron chi connectivity index (χ0n) is 10.3. The molecule has 7 heteroatoms. The van der Waals surface area contributed by atoms with Gasteiger partial charge in [-0.15, -0.1) is 0 Å². The van der Waals surface area contributed by atoms with E-state index in [1.807, 2.05) is 0 Å². The maximum atomic E-state index is 12.8. The van der Waals surface area contributed by atoms with Gasteiger partial charge in [0.25, 0.3) is 0 Å². The van der Waals surface area contributed by atoms with Gasteiger partial charge in [-0.25, -0.2) is 0 Å². The number of aliphatic hydroxyl groups is 1. The lowest BCUT2D eigenvalue weighted by Gasteiger charge is -2.15. The van der Waals surface area contributed by atoms with Crippen LogP contribution in [-0.4, -0.2) is 29.8 Å². The van der Waals surface area contributed by atoms with Crippen molar-refractivity contribution in [3.05, 3.63) is 23.8 Å². The highest BCUT2D eigenvalue weighted by Crippen LogP contribution is 2.35. The van der Waals surface area contributed by atoms with Gasteiger partial charge in [-0.05, 0) is 30.4 Å². The normalized spacial score (nSPS) is 11.6. The van der Waals surface area contributed by atoms with E-state index in [1.165, 1.54) is 12.1 Å². The summed E-state index contributed by atoms with van der Waals surface area (Å²) in [6.45, 7) is 0.569. The largest absolute Gasteiger partial charge is 0.418 e. The molecule has 0 aromatic heterocycles. The number of nitrogens with one attached hydrogen (secondary N) is 1. The van der Waals surface area contributed by atoms with E-state index in [-0.39, 0.29) is 18.0 Å². The van der Waals surface area contributed by atoms with Gasteiger partial charge in [0.2, 0.25) is 0 Å². The number of hydrogen-bond acceptors (Lipinski definition) is 4. The first-order chi connectivity index (χ1) is 8.95. The van der Waals surface area contributed by atoms with Crippen molar-refractivity contribution in [1.29, 1.82) is 0 Å². The van der Waals surface area contributed by atoms with Crippen LogP contribution in [0.2, 0.25) is 0 Å². The summed E-state index contributed by atoms with van der Waals surface area (Å²) in [5, 5.41) is 11.4. The molecule has 0 heterocycles. The highest BCUT2D eigenvalue weighted by Gasteiger charge is 2.33. The van der Waals surface area contributed by atoms with Crippen LogP contribution in [0.3, 0.4) is 0 Å². The third kappa shape index (κ3) is 5.61. The summed E-state index contributed by atoms with van der Waals surface area (Å²) in [6, 6.07) is 3.72. The van der Waals surface area contributed by atoms with Crippen LogP contribution in [0.4, 0.5) is 24.5 Å². The van der Waals surface area contributed by atoms with Gasteiger partial charge < -0.3 is 16.2 Å². The fourth-order valence-corrected chi connectivity index (χ4v) is 2.26. The second-order valence-corrected chi connectivity index (χ2v) is 5.14. The standard InChI is InChI=1S/C12H17F3N2OS/c13-12(14,15)10-8-9(16)2-3-11(10)17-4-7-19-6-1-5-18/h2-3,8,17-18H,1,4-7,16H2. The summed E-state index contributed by atoms with van der Waals surface area (Å²) in [5.74, 6) is 1.48. The van der Waals surface area contributed by atoms with Gasteiger partial charge in [0, 0.05) is 30.3 Å². The van der Waals surface area contributed by atoms with Crippen LogP contribution in [0, 0.1) is 0 Å². The van der Waals surface area contributed by atoms with Crippen LogP contribution in [-0.2, 0) is 6.18 Å². The van der Waals surface area contributed by atoms with Crippen molar-refractivity contribution in [2.45, 2.75) is 12.6 Å². The molecule has 0 saturated carbocycles. The molecule has 19 heavy (non-hydrogen) atoms. The number of benzene rings is 1. The molecule has 3 nitrogen and oxygen atoms in total. The fraction of sp³-hybridized carbons (Fsp3) is 0.500. The van der Waals surface area contributed by atoms with E-state index in [1.54, 1.807) is 11.8 Å². The molecule has 4 N–H and O–H groups in total. The maximum absolute atomic E-state index is 12.8. The van der Waals surface area contributed by atoms with Crippen molar-refractivity contribution < 1.29 is 18.3 Å². The molecule has 0 radical (unpaired) electrons. The number of rotatable bonds is 7. The SMILES string of the molecule is Nc1ccc(NCCSCCCO)c(C(F)(F)F)c1. The number of thioether (sulfide) groups is 1. The summed E-state index contributed by atoms with van der Waals surface area (Å²) >= 11 is 1.59. The Labute approximate surface area is 114 Å². The number of nitrogens with two attached hydrogens (primary N) is 1. The first-order valence-corrected chi connectivity index (χ1v) is 7.00. The first kappa shape index (κ1) is 16.0. The van der Waals surface area contributed by atoms with Gasteiger partial charge in [0.15, 0.2) is 0 Å². The van der Waals surface area contributed by atoms with E-state index in [0.717, 1.165) is 11.8 Å². The smallest absolute Gasteiger partial charge is 0.399 e. The third-order valence-corrected chi connectivity index (χ3v) is 3.43. The molecule has 0 aliphatic rings. The molecule has 0 fully saturated rings. The predicted octanol–water partition coefficient (Wildman–Crippen LogP) is 2.82. The predicted molar refractivity (Wildman–Crippen MR) is 73.4 cm³/mol. The number of alkyl halides is 3. The maximum Gasteiger partial charge on any atom is 0.418 e. The lowest BCUT2D eigenvalue weighted by Crippen LogP contribution is -2.13. The monoisotopic (exact) mass is 294 g/mol. The van der Waals surface area contributed by atoms with Gasteiger partial charge in [-0.1, -0.05) is 0 Å². The molecular weight excluding hydrogens is 277 g/mol. The summed E-state index contributed by atoms with van der Waals surface area (Å²) in [4.78, 5) is 0. The zero-order valence-corrected chi connectivity index (χ0v) is 11.2. The number of hydrogen-bond donors (Lipinski definition) is 3.